The van der Waals surface area contributed by atoms with E-state index in [1.807, 2.05) is 47.7 Å². The molecule has 0 aliphatic heterocycles. The number of halogens is 1. The van der Waals surface area contributed by atoms with E-state index in [-0.39, 0.29) is 18.6 Å². The Kier molecular flexibility index (Phi) is 12.4. The number of anilines is 1. The highest BCUT2D eigenvalue weighted by Crippen LogP contribution is 2.21. The molecule has 0 aliphatic rings. The molecule has 0 spiro atoms. The highest BCUT2D eigenvalue weighted by atomic mass is 79.9. The SMILES string of the molecule is CC(N=Nc1ccc(N(CCO)CCO)cc1)S/C=C\NCCCBr. The van der Waals surface area contributed by atoms with Crippen LogP contribution >= 0.6 is 27.7 Å². The van der Waals surface area contributed by atoms with Crippen molar-refractivity contribution in [3.63, 3.8) is 0 Å². The van der Waals surface area contributed by atoms with Crippen LogP contribution in [0.2, 0.25) is 0 Å². The minimum absolute atomic E-state index is 0.0363. The lowest BCUT2D eigenvalue weighted by molar-refractivity contribution is 0.281. The van der Waals surface area contributed by atoms with E-state index in [1.165, 1.54) is 0 Å². The molecular formula is C17H27BrN4O2S. The van der Waals surface area contributed by atoms with Gasteiger partial charge in [0.05, 0.1) is 18.9 Å². The number of alkyl halides is 1. The standard InChI is InChI=1S/C17H27BrN4O2S/c1-15(25-14-9-19-8-2-7-18)20-21-16-3-5-17(6-4-16)22(10-12-23)11-13-24/h3-6,9,14-15,19,23-24H,2,7-8,10-13H2,1H3/b14-9-,21-20?. The zero-order chi connectivity index (χ0) is 18.3. The van der Waals surface area contributed by atoms with E-state index in [0.29, 0.717) is 13.1 Å². The molecule has 0 bridgehead atoms. The van der Waals surface area contributed by atoms with Crippen molar-refractivity contribution in [3.05, 3.63) is 35.9 Å². The van der Waals surface area contributed by atoms with Crippen molar-refractivity contribution in [2.75, 3.05) is 43.1 Å². The molecule has 1 aromatic rings. The molecule has 0 amide bonds. The molecule has 1 unspecified atom stereocenters. The second-order valence-corrected chi connectivity index (χ2v) is 7.22. The van der Waals surface area contributed by atoms with Crippen LogP contribution in [-0.2, 0) is 0 Å². The topological polar surface area (TPSA) is 80.5 Å². The smallest absolute Gasteiger partial charge is 0.118 e. The average molecular weight is 431 g/mol. The minimum Gasteiger partial charge on any atom is -0.395 e. The third kappa shape index (κ3) is 9.84. The zero-order valence-electron chi connectivity index (χ0n) is 14.5. The zero-order valence-corrected chi connectivity index (χ0v) is 16.9. The van der Waals surface area contributed by atoms with Crippen LogP contribution in [0.15, 0.2) is 46.1 Å². The van der Waals surface area contributed by atoms with E-state index in [0.717, 1.165) is 29.7 Å². The molecule has 1 atom stereocenters. The number of aliphatic hydroxyl groups is 2. The first-order valence-electron chi connectivity index (χ1n) is 8.28. The molecule has 0 saturated heterocycles. The molecule has 0 aliphatic carbocycles. The second kappa shape index (κ2) is 14.1. The summed E-state index contributed by atoms with van der Waals surface area (Å²) >= 11 is 4.99. The molecule has 0 fully saturated rings. The van der Waals surface area contributed by atoms with Crippen LogP contribution in [0.3, 0.4) is 0 Å². The normalized spacial score (nSPS) is 12.8. The van der Waals surface area contributed by atoms with Crippen molar-refractivity contribution < 1.29 is 10.2 Å². The molecule has 140 valence electrons. The van der Waals surface area contributed by atoms with E-state index in [4.69, 9.17) is 10.2 Å². The third-order valence-electron chi connectivity index (χ3n) is 3.21. The summed E-state index contributed by atoms with van der Waals surface area (Å²) < 4.78 is 0. The summed E-state index contributed by atoms with van der Waals surface area (Å²) in [6.45, 7) is 4.03. The molecule has 1 aromatic carbocycles. The fraction of sp³-hybridized carbons (Fsp3) is 0.529. The maximum absolute atomic E-state index is 9.08. The van der Waals surface area contributed by atoms with Crippen molar-refractivity contribution in [2.24, 2.45) is 10.2 Å². The van der Waals surface area contributed by atoms with Gasteiger partial charge in [0.2, 0.25) is 0 Å². The molecular weight excluding hydrogens is 404 g/mol. The number of azo groups is 1. The monoisotopic (exact) mass is 430 g/mol. The summed E-state index contributed by atoms with van der Waals surface area (Å²) in [7, 11) is 0. The second-order valence-electron chi connectivity index (χ2n) is 5.20. The van der Waals surface area contributed by atoms with Crippen LogP contribution in [0, 0.1) is 0 Å². The van der Waals surface area contributed by atoms with Gasteiger partial charge >= 0.3 is 0 Å². The van der Waals surface area contributed by atoms with Gasteiger partial charge in [-0.15, -0.1) is 11.8 Å². The van der Waals surface area contributed by atoms with Gasteiger partial charge in [-0.05, 0) is 43.0 Å². The third-order valence-corrected chi connectivity index (χ3v) is 4.55. The summed E-state index contributed by atoms with van der Waals surface area (Å²) in [5, 5.41) is 32.9. The maximum atomic E-state index is 9.08. The summed E-state index contributed by atoms with van der Waals surface area (Å²) in [5.41, 5.74) is 1.73. The Labute approximate surface area is 162 Å². The first-order chi connectivity index (χ1) is 12.2. The Morgan fingerprint density at radius 3 is 2.52 bits per heavy atom. The summed E-state index contributed by atoms with van der Waals surface area (Å²) in [5.74, 6) is 0. The minimum atomic E-state index is 0.0363. The number of nitrogens with one attached hydrogen (secondary N) is 1. The highest BCUT2D eigenvalue weighted by molar-refractivity contribution is 9.09. The van der Waals surface area contributed by atoms with Crippen molar-refractivity contribution in [2.45, 2.75) is 18.7 Å². The van der Waals surface area contributed by atoms with Crippen LogP contribution in [0.25, 0.3) is 0 Å². The molecule has 8 heteroatoms. The van der Waals surface area contributed by atoms with Crippen LogP contribution < -0.4 is 10.2 Å². The van der Waals surface area contributed by atoms with E-state index < -0.39 is 0 Å². The number of hydrogen-bond acceptors (Lipinski definition) is 7. The van der Waals surface area contributed by atoms with Crippen LogP contribution in [0.5, 0.6) is 0 Å². The molecule has 0 radical (unpaired) electrons. The largest absolute Gasteiger partial charge is 0.395 e. The van der Waals surface area contributed by atoms with E-state index in [1.54, 1.807) is 11.8 Å². The predicted octanol–water partition coefficient (Wildman–Crippen LogP) is 3.49. The Hall–Kier alpha value is -1.09. The summed E-state index contributed by atoms with van der Waals surface area (Å²) in [6.07, 6.45) is 3.03. The number of thioether (sulfide) groups is 1. The number of hydrogen-bond donors (Lipinski definition) is 3. The molecule has 3 N–H and O–H groups in total. The van der Waals surface area contributed by atoms with Crippen molar-refractivity contribution in [1.82, 2.24) is 5.32 Å². The Bertz CT molecular complexity index is 508. The van der Waals surface area contributed by atoms with E-state index >= 15 is 0 Å². The molecule has 1 rings (SSSR count). The fourth-order valence-electron chi connectivity index (χ4n) is 1.97. The Balaban J connectivity index is 2.46. The number of aliphatic hydroxyl groups excluding tert-OH is 2. The summed E-state index contributed by atoms with van der Waals surface area (Å²) in [6, 6.07) is 7.61. The van der Waals surface area contributed by atoms with Gasteiger partial charge in [0.1, 0.15) is 5.37 Å². The number of benzene rings is 1. The Morgan fingerprint density at radius 2 is 1.92 bits per heavy atom. The van der Waals surface area contributed by atoms with Gasteiger partial charge in [-0.3, -0.25) is 0 Å². The lowest BCUT2D eigenvalue weighted by Crippen LogP contribution is -2.29. The van der Waals surface area contributed by atoms with E-state index in [9.17, 15) is 0 Å². The van der Waals surface area contributed by atoms with Gasteiger partial charge < -0.3 is 20.4 Å². The van der Waals surface area contributed by atoms with Gasteiger partial charge in [0.25, 0.3) is 0 Å². The molecule has 0 heterocycles. The van der Waals surface area contributed by atoms with Crippen molar-refractivity contribution in [1.29, 1.82) is 0 Å². The lowest BCUT2D eigenvalue weighted by Gasteiger charge is -2.22. The average Bonchev–Trinajstić information content (AvgIpc) is 2.63. The van der Waals surface area contributed by atoms with Gasteiger partial charge in [-0.2, -0.15) is 10.2 Å². The molecule has 6 nitrogen and oxygen atoms in total. The first-order valence-corrected chi connectivity index (χ1v) is 10.3. The fourth-order valence-corrected chi connectivity index (χ4v) is 2.75. The molecule has 0 saturated carbocycles. The Morgan fingerprint density at radius 1 is 1.24 bits per heavy atom. The van der Waals surface area contributed by atoms with Gasteiger partial charge in [0.15, 0.2) is 0 Å². The van der Waals surface area contributed by atoms with Crippen LogP contribution in [-0.4, -0.2) is 53.8 Å². The maximum Gasteiger partial charge on any atom is 0.118 e. The number of nitrogens with zero attached hydrogens (tertiary/aromatic N) is 3. The van der Waals surface area contributed by atoms with Crippen LogP contribution in [0.4, 0.5) is 11.4 Å². The molecule has 25 heavy (non-hydrogen) atoms. The first kappa shape index (κ1) is 22.0. The van der Waals surface area contributed by atoms with Gasteiger partial charge in [0, 0.05) is 36.9 Å². The predicted molar refractivity (Wildman–Crippen MR) is 110 cm³/mol. The van der Waals surface area contributed by atoms with Gasteiger partial charge in [-0.1, -0.05) is 15.9 Å². The van der Waals surface area contributed by atoms with Gasteiger partial charge in [-0.25, -0.2) is 0 Å². The van der Waals surface area contributed by atoms with Crippen molar-refractivity contribution >= 4 is 39.1 Å². The van der Waals surface area contributed by atoms with Crippen molar-refractivity contribution in [3.8, 4) is 0 Å². The quantitative estimate of drug-likeness (QED) is 0.253. The van der Waals surface area contributed by atoms with E-state index in [2.05, 4.69) is 31.5 Å². The lowest BCUT2D eigenvalue weighted by atomic mass is 10.2. The molecule has 0 aromatic heterocycles. The summed E-state index contributed by atoms with van der Waals surface area (Å²) in [4.78, 5) is 1.92. The number of rotatable bonds is 13. The van der Waals surface area contributed by atoms with Crippen LogP contribution in [0.1, 0.15) is 13.3 Å². The highest BCUT2D eigenvalue weighted by Gasteiger charge is 2.05.